The topological polar surface area (TPSA) is 206 Å². The smallest absolute Gasteiger partial charge is 0.408 e. The van der Waals surface area contributed by atoms with Crippen molar-refractivity contribution in [3.8, 4) is 33.8 Å². The number of aromatic amines is 2. The summed E-state index contributed by atoms with van der Waals surface area (Å²) >= 11 is 0. The van der Waals surface area contributed by atoms with E-state index in [0.29, 0.717) is 82.4 Å². The maximum atomic E-state index is 14.3. The van der Waals surface area contributed by atoms with Crippen molar-refractivity contribution >= 4 is 34.9 Å². The summed E-state index contributed by atoms with van der Waals surface area (Å²) in [6.07, 6.45) is 7.89. The number of ether oxygens (including phenoxy) is 4. The second-order valence-electron chi connectivity index (χ2n) is 18.2. The van der Waals surface area contributed by atoms with Gasteiger partial charge in [-0.1, -0.05) is 66.7 Å². The minimum absolute atomic E-state index is 0.0366. The van der Waals surface area contributed by atoms with Crippen LogP contribution in [0.1, 0.15) is 86.7 Å². The first kappa shape index (κ1) is 45.7. The minimum atomic E-state index is -0.913. The summed E-state index contributed by atoms with van der Waals surface area (Å²) in [6.45, 7) is 3.30. The van der Waals surface area contributed by atoms with Crippen LogP contribution in [0.2, 0.25) is 0 Å². The predicted molar refractivity (Wildman–Crippen MR) is 255 cm³/mol. The number of hydrogen-bond donors (Lipinski definition) is 4. The van der Waals surface area contributed by atoms with E-state index in [1.807, 2.05) is 82.6 Å². The van der Waals surface area contributed by atoms with Crippen molar-refractivity contribution < 1.29 is 38.1 Å². The number of pyridine rings is 1. The minimum Gasteiger partial charge on any atom is -0.453 e. The van der Waals surface area contributed by atoms with Crippen molar-refractivity contribution in [3.05, 3.63) is 115 Å². The molecule has 0 saturated carbocycles. The maximum absolute atomic E-state index is 14.3. The number of fused-ring (bicyclic) bond motifs is 1. The van der Waals surface area contributed by atoms with Gasteiger partial charge in [-0.2, -0.15) is 0 Å². The van der Waals surface area contributed by atoms with Gasteiger partial charge in [0.25, 0.3) is 5.91 Å². The number of aromatic nitrogens is 5. The molecule has 3 aromatic heterocycles. The van der Waals surface area contributed by atoms with E-state index in [9.17, 15) is 19.2 Å². The summed E-state index contributed by atoms with van der Waals surface area (Å²) in [5.41, 5.74) is 6.89. The zero-order valence-corrected chi connectivity index (χ0v) is 38.6. The zero-order valence-electron chi connectivity index (χ0n) is 38.6. The van der Waals surface area contributed by atoms with Crippen LogP contribution in [-0.4, -0.2) is 117 Å². The Kier molecular flexibility index (Phi) is 13.7. The van der Waals surface area contributed by atoms with Crippen molar-refractivity contribution in [1.29, 1.82) is 0 Å². The van der Waals surface area contributed by atoms with Crippen LogP contribution in [0, 0.1) is 5.92 Å². The van der Waals surface area contributed by atoms with E-state index in [4.69, 9.17) is 33.9 Å². The summed E-state index contributed by atoms with van der Waals surface area (Å²) < 4.78 is 21.5. The van der Waals surface area contributed by atoms with E-state index in [1.54, 1.807) is 12.4 Å². The molecule has 4 aliphatic rings. The van der Waals surface area contributed by atoms with Gasteiger partial charge in [0.05, 0.1) is 67.4 Å². The Balaban J connectivity index is 0.798. The quantitative estimate of drug-likeness (QED) is 0.0931. The van der Waals surface area contributed by atoms with Crippen LogP contribution < -0.4 is 10.6 Å². The average molecular weight is 936 g/mol. The van der Waals surface area contributed by atoms with Crippen molar-refractivity contribution in [2.24, 2.45) is 5.92 Å². The number of H-pyrrole nitrogens is 2. The van der Waals surface area contributed by atoms with Crippen LogP contribution in [0.15, 0.2) is 97.3 Å². The number of carbonyl (C=O) groups excluding carboxylic acids is 4. The van der Waals surface area contributed by atoms with E-state index in [0.717, 1.165) is 70.4 Å². The maximum Gasteiger partial charge on any atom is 0.408 e. The number of alkyl carbamates (subject to hydrolysis) is 2. The van der Waals surface area contributed by atoms with Gasteiger partial charge in [0.1, 0.15) is 29.8 Å². The third-order valence-electron chi connectivity index (χ3n) is 13.9. The van der Waals surface area contributed by atoms with Crippen LogP contribution >= 0.6 is 0 Å². The Morgan fingerprint density at radius 3 is 1.94 bits per heavy atom. The standard InChI is InChI=1S/C52H57N9O8/c1-66-51(64)58-46(35-19-25-67-26-20-35)50(63)61-24-5-9-43(61)47-53-30-41(56-47)33-13-11-32(12-14-33)39-17-15-36-29-37(16-18-40(36)55-39)42-31-54-48(57-42)44-10-6-23-60(44)49(62)45(34-7-3-2-4-8-34)59-52(65)69-38-21-27-68-28-22-38/h2-4,7-8,11-18,29-31,35,38,43-46H,5-6,9-10,19-28H2,1H3,(H,53,56)(H,54,57)(H,58,64)(H,59,65). The summed E-state index contributed by atoms with van der Waals surface area (Å²) in [5.74, 6) is 1.04. The lowest BCUT2D eigenvalue weighted by molar-refractivity contribution is -0.137. The average Bonchev–Trinajstić information content (AvgIpc) is 4.26. The van der Waals surface area contributed by atoms with Crippen LogP contribution in [0.25, 0.3) is 44.7 Å². The number of likely N-dealkylation sites (tertiary alicyclic amines) is 2. The zero-order chi connectivity index (χ0) is 47.3. The highest BCUT2D eigenvalue weighted by Crippen LogP contribution is 2.37. The van der Waals surface area contributed by atoms with Crippen LogP contribution in [0.4, 0.5) is 9.59 Å². The van der Waals surface area contributed by atoms with Gasteiger partial charge in [0, 0.05) is 55.7 Å². The third-order valence-corrected chi connectivity index (χ3v) is 13.9. The van der Waals surface area contributed by atoms with Gasteiger partial charge in [0.2, 0.25) is 5.91 Å². The number of carbonyl (C=O) groups is 4. The number of imidazole rings is 2. The summed E-state index contributed by atoms with van der Waals surface area (Å²) in [4.78, 5) is 78.9. The van der Waals surface area contributed by atoms with E-state index in [2.05, 4.69) is 32.7 Å². The molecule has 3 aromatic carbocycles. The van der Waals surface area contributed by atoms with Gasteiger partial charge in [-0.05, 0) is 73.8 Å². The first-order chi connectivity index (χ1) is 33.8. The molecule has 17 heteroatoms. The molecule has 0 aliphatic carbocycles. The fourth-order valence-corrected chi connectivity index (χ4v) is 10.2. The Bertz CT molecular complexity index is 2770. The number of amides is 4. The van der Waals surface area contributed by atoms with Crippen molar-refractivity contribution in [3.63, 3.8) is 0 Å². The first-order valence-corrected chi connectivity index (χ1v) is 24.0. The molecule has 358 valence electrons. The van der Waals surface area contributed by atoms with Gasteiger partial charge < -0.3 is 49.3 Å². The Hall–Kier alpha value is -7.11. The molecule has 4 N–H and O–H groups in total. The highest BCUT2D eigenvalue weighted by atomic mass is 16.6. The number of benzene rings is 3. The molecule has 10 rings (SSSR count). The highest BCUT2D eigenvalue weighted by Gasteiger charge is 2.41. The second-order valence-corrected chi connectivity index (χ2v) is 18.2. The Morgan fingerprint density at radius 2 is 1.28 bits per heavy atom. The lowest BCUT2D eigenvalue weighted by Crippen LogP contribution is -2.53. The highest BCUT2D eigenvalue weighted by molar-refractivity contribution is 5.89. The number of nitrogens with zero attached hydrogens (tertiary/aromatic N) is 5. The molecule has 4 amide bonds. The number of rotatable bonds is 12. The van der Waals surface area contributed by atoms with Gasteiger partial charge in [-0.15, -0.1) is 0 Å². The molecule has 0 bridgehead atoms. The second kappa shape index (κ2) is 20.6. The van der Waals surface area contributed by atoms with Gasteiger partial charge >= 0.3 is 12.2 Å². The van der Waals surface area contributed by atoms with E-state index >= 15 is 0 Å². The SMILES string of the molecule is COC(=O)NC(C(=O)N1CCCC1c1ncc(-c2ccc(-c3ccc4cc(-c5cnc(C6CCCN6C(=O)C(NC(=O)OC6CCOCC6)c6ccccc6)[nH]5)ccc4n3)cc2)[nH]1)C1CCOCC1. The van der Waals surface area contributed by atoms with E-state index in [1.165, 1.54) is 7.11 Å². The fourth-order valence-electron chi connectivity index (χ4n) is 10.2. The molecule has 6 aromatic rings. The molecule has 4 aliphatic heterocycles. The van der Waals surface area contributed by atoms with Crippen molar-refractivity contribution in [2.75, 3.05) is 46.6 Å². The van der Waals surface area contributed by atoms with E-state index in [-0.39, 0.29) is 35.9 Å². The Labute approximate surface area is 399 Å². The third kappa shape index (κ3) is 10.1. The van der Waals surface area contributed by atoms with E-state index < -0.39 is 24.3 Å². The molecule has 0 radical (unpaired) electrons. The Morgan fingerprint density at radius 1 is 0.667 bits per heavy atom. The lowest BCUT2D eigenvalue weighted by atomic mass is 9.90. The number of methoxy groups -OCH3 is 1. The first-order valence-electron chi connectivity index (χ1n) is 24.0. The largest absolute Gasteiger partial charge is 0.453 e. The lowest BCUT2D eigenvalue weighted by Gasteiger charge is -2.34. The van der Waals surface area contributed by atoms with Crippen LogP contribution in [0.3, 0.4) is 0 Å². The molecule has 7 heterocycles. The van der Waals surface area contributed by atoms with Crippen molar-refractivity contribution in [1.82, 2.24) is 45.4 Å². The van der Waals surface area contributed by atoms with Crippen molar-refractivity contribution in [2.45, 2.75) is 81.6 Å². The van der Waals surface area contributed by atoms with Crippen LogP contribution in [-0.2, 0) is 28.5 Å². The van der Waals surface area contributed by atoms with Gasteiger partial charge in [-0.25, -0.2) is 24.5 Å². The van der Waals surface area contributed by atoms with Crippen LogP contribution in [0.5, 0.6) is 0 Å². The molecule has 4 saturated heterocycles. The normalized spacial score (nSPS) is 19.8. The summed E-state index contributed by atoms with van der Waals surface area (Å²) in [5, 5.41) is 6.66. The molecular weight excluding hydrogens is 879 g/mol. The summed E-state index contributed by atoms with van der Waals surface area (Å²) in [7, 11) is 1.31. The molecule has 0 spiro atoms. The number of hydrogen-bond acceptors (Lipinski definition) is 11. The molecule has 4 unspecified atom stereocenters. The van der Waals surface area contributed by atoms with Gasteiger partial charge in [0.15, 0.2) is 0 Å². The monoisotopic (exact) mass is 935 g/mol. The molecule has 17 nitrogen and oxygen atoms in total. The summed E-state index contributed by atoms with van der Waals surface area (Å²) in [6, 6.07) is 25.5. The predicted octanol–water partition coefficient (Wildman–Crippen LogP) is 7.81. The molecular formula is C52H57N9O8. The molecule has 4 fully saturated rings. The fraction of sp³-hybridized carbons (Fsp3) is 0.404. The molecule has 4 atom stereocenters. The molecule has 69 heavy (non-hydrogen) atoms. The van der Waals surface area contributed by atoms with Gasteiger partial charge in [-0.3, -0.25) is 9.59 Å². The number of nitrogens with one attached hydrogen (secondary N) is 4.